The van der Waals surface area contributed by atoms with Crippen molar-refractivity contribution in [2.24, 2.45) is 4.99 Å². The van der Waals surface area contributed by atoms with Crippen LogP contribution in [0.15, 0.2) is 23.5 Å². The van der Waals surface area contributed by atoms with E-state index in [9.17, 15) is 0 Å². The van der Waals surface area contributed by atoms with E-state index < -0.39 is 0 Å². The van der Waals surface area contributed by atoms with Gasteiger partial charge in [0.05, 0.1) is 0 Å². The molecule has 0 atom stereocenters. The summed E-state index contributed by atoms with van der Waals surface area (Å²) in [5.74, 6) is 2.97. The van der Waals surface area contributed by atoms with Gasteiger partial charge in [-0.25, -0.2) is 9.97 Å². The molecule has 0 radical (unpaired) electrons. The minimum absolute atomic E-state index is 0. The third-order valence-electron chi connectivity index (χ3n) is 4.22. The van der Waals surface area contributed by atoms with Crippen LogP contribution in [-0.4, -0.2) is 85.7 Å². The first-order valence-corrected chi connectivity index (χ1v) is 10.4. The molecule has 1 aliphatic heterocycles. The third-order valence-corrected chi connectivity index (χ3v) is 4.92. The molecule has 0 aromatic carbocycles. The summed E-state index contributed by atoms with van der Waals surface area (Å²) in [6.45, 7) is 6.96. The predicted octanol–water partition coefficient (Wildman–Crippen LogP) is 1.52. The number of anilines is 1. The molecule has 1 aromatic heterocycles. The monoisotopic (exact) mass is 493 g/mol. The molecule has 26 heavy (non-hydrogen) atoms. The van der Waals surface area contributed by atoms with Crippen LogP contribution in [0, 0.1) is 0 Å². The first-order valence-electron chi connectivity index (χ1n) is 9.01. The second kappa shape index (κ2) is 14.3. The number of hydrogen-bond acceptors (Lipinski definition) is 6. The Morgan fingerprint density at radius 1 is 1.12 bits per heavy atom. The summed E-state index contributed by atoms with van der Waals surface area (Å²) in [5.41, 5.74) is 0. The molecule has 2 N–H and O–H groups in total. The van der Waals surface area contributed by atoms with Crippen LogP contribution >= 0.6 is 35.7 Å². The molecule has 0 saturated carbocycles. The second-order valence-corrected chi connectivity index (χ2v) is 6.99. The number of aliphatic imine (C=N–C) groups is 1. The molecule has 0 aliphatic carbocycles. The molecule has 7 nitrogen and oxygen atoms in total. The quantitative estimate of drug-likeness (QED) is 0.234. The van der Waals surface area contributed by atoms with Gasteiger partial charge in [-0.1, -0.05) is 0 Å². The van der Waals surface area contributed by atoms with E-state index >= 15 is 0 Å². The van der Waals surface area contributed by atoms with E-state index in [-0.39, 0.29) is 24.0 Å². The van der Waals surface area contributed by atoms with Gasteiger partial charge in [0.2, 0.25) is 5.95 Å². The van der Waals surface area contributed by atoms with Crippen molar-refractivity contribution in [3.05, 3.63) is 18.5 Å². The van der Waals surface area contributed by atoms with Gasteiger partial charge in [0, 0.05) is 65.3 Å². The molecule has 9 heteroatoms. The van der Waals surface area contributed by atoms with E-state index in [1.54, 1.807) is 12.4 Å². The van der Waals surface area contributed by atoms with Gasteiger partial charge in [0.1, 0.15) is 0 Å². The summed E-state index contributed by atoms with van der Waals surface area (Å²) in [5, 5.41) is 6.79. The number of rotatable bonds is 9. The largest absolute Gasteiger partial charge is 0.356 e. The van der Waals surface area contributed by atoms with Gasteiger partial charge in [0.25, 0.3) is 0 Å². The highest BCUT2D eigenvalue weighted by Crippen LogP contribution is 2.08. The fraction of sp³-hybridized carbons (Fsp3) is 0.706. The zero-order valence-electron chi connectivity index (χ0n) is 15.9. The van der Waals surface area contributed by atoms with Crippen LogP contribution in [0.1, 0.15) is 12.8 Å². The lowest BCUT2D eigenvalue weighted by Gasteiger charge is -2.34. The molecular weight excluding hydrogens is 461 g/mol. The molecule has 2 heterocycles. The van der Waals surface area contributed by atoms with Crippen molar-refractivity contribution in [2.75, 3.05) is 69.8 Å². The molecule has 0 unspecified atom stereocenters. The highest BCUT2D eigenvalue weighted by atomic mass is 127. The minimum atomic E-state index is 0. The SMILES string of the molecule is CN=C(NCCCCSC)NCCN1CCN(c2ncccn2)CC1.I. The molecule has 1 aromatic rings. The van der Waals surface area contributed by atoms with Crippen LogP contribution in [0.2, 0.25) is 0 Å². The summed E-state index contributed by atoms with van der Waals surface area (Å²) in [6, 6.07) is 1.86. The molecule has 0 bridgehead atoms. The predicted molar refractivity (Wildman–Crippen MR) is 123 cm³/mol. The number of hydrogen-bond donors (Lipinski definition) is 2. The Kier molecular flexibility index (Phi) is 12.8. The first-order chi connectivity index (χ1) is 12.3. The summed E-state index contributed by atoms with van der Waals surface area (Å²) in [7, 11) is 1.83. The number of halogens is 1. The van der Waals surface area contributed by atoms with Crippen LogP contribution in [-0.2, 0) is 0 Å². The Morgan fingerprint density at radius 3 is 2.46 bits per heavy atom. The lowest BCUT2D eigenvalue weighted by molar-refractivity contribution is 0.260. The topological polar surface area (TPSA) is 68.7 Å². The normalized spacial score (nSPS) is 15.5. The molecule has 0 amide bonds. The highest BCUT2D eigenvalue weighted by molar-refractivity contribution is 14.0. The lowest BCUT2D eigenvalue weighted by atomic mass is 10.3. The number of nitrogens with one attached hydrogen (secondary N) is 2. The zero-order chi connectivity index (χ0) is 17.7. The van der Waals surface area contributed by atoms with E-state index in [4.69, 9.17) is 0 Å². The molecular formula is C17H32IN7S. The third kappa shape index (κ3) is 8.72. The number of unbranched alkanes of at least 4 members (excludes halogenated alkanes) is 1. The standard InChI is InChI=1S/C17H31N7S.HI/c1-18-16(19-6-3-4-15-25-2)20-9-10-23-11-13-24(14-12-23)17-21-7-5-8-22-17;/h5,7-8H,3-4,6,9-15H2,1-2H3,(H2,18,19,20);1H. The molecule has 1 saturated heterocycles. The maximum Gasteiger partial charge on any atom is 0.225 e. The summed E-state index contributed by atoms with van der Waals surface area (Å²) in [4.78, 5) is 17.7. The number of nitrogens with zero attached hydrogens (tertiary/aromatic N) is 5. The summed E-state index contributed by atoms with van der Waals surface area (Å²) < 4.78 is 0. The molecule has 1 aliphatic rings. The molecule has 2 rings (SSSR count). The van der Waals surface area contributed by atoms with Crippen LogP contribution in [0.4, 0.5) is 5.95 Å². The van der Waals surface area contributed by atoms with E-state index in [0.29, 0.717) is 0 Å². The summed E-state index contributed by atoms with van der Waals surface area (Å²) in [6.07, 6.45) is 8.20. The number of thioether (sulfide) groups is 1. The van der Waals surface area contributed by atoms with Crippen LogP contribution in [0.25, 0.3) is 0 Å². The van der Waals surface area contributed by atoms with Crippen molar-refractivity contribution in [1.29, 1.82) is 0 Å². The van der Waals surface area contributed by atoms with Crippen molar-refractivity contribution in [3.8, 4) is 0 Å². The van der Waals surface area contributed by atoms with E-state index in [0.717, 1.165) is 57.7 Å². The van der Waals surface area contributed by atoms with Gasteiger partial charge in [-0.05, 0) is 30.9 Å². The highest BCUT2D eigenvalue weighted by Gasteiger charge is 2.18. The van der Waals surface area contributed by atoms with Gasteiger partial charge in [-0.3, -0.25) is 9.89 Å². The van der Waals surface area contributed by atoms with Gasteiger partial charge in [-0.2, -0.15) is 11.8 Å². The van der Waals surface area contributed by atoms with Crippen molar-refractivity contribution < 1.29 is 0 Å². The maximum absolute atomic E-state index is 4.33. The van der Waals surface area contributed by atoms with Crippen molar-refractivity contribution in [1.82, 2.24) is 25.5 Å². The van der Waals surface area contributed by atoms with E-state index in [1.165, 1.54) is 18.6 Å². The van der Waals surface area contributed by atoms with E-state index in [1.807, 2.05) is 24.9 Å². The van der Waals surface area contributed by atoms with Crippen molar-refractivity contribution in [3.63, 3.8) is 0 Å². The average Bonchev–Trinajstić information content (AvgIpc) is 2.67. The van der Waals surface area contributed by atoms with Crippen molar-refractivity contribution >= 4 is 47.6 Å². The minimum Gasteiger partial charge on any atom is -0.356 e. The van der Waals surface area contributed by atoms with Gasteiger partial charge in [-0.15, -0.1) is 24.0 Å². The van der Waals surface area contributed by atoms with E-state index in [2.05, 4.69) is 41.6 Å². The van der Waals surface area contributed by atoms with Gasteiger partial charge in [0.15, 0.2) is 5.96 Å². The second-order valence-electron chi connectivity index (χ2n) is 6.00. The Morgan fingerprint density at radius 2 is 1.81 bits per heavy atom. The van der Waals surface area contributed by atoms with Crippen molar-refractivity contribution in [2.45, 2.75) is 12.8 Å². The number of piperazine rings is 1. The Labute approximate surface area is 178 Å². The maximum atomic E-state index is 4.33. The van der Waals surface area contributed by atoms with Crippen LogP contribution in [0.3, 0.4) is 0 Å². The number of aromatic nitrogens is 2. The lowest BCUT2D eigenvalue weighted by Crippen LogP contribution is -2.49. The molecule has 1 fully saturated rings. The van der Waals surface area contributed by atoms with Gasteiger partial charge >= 0.3 is 0 Å². The fourth-order valence-electron chi connectivity index (χ4n) is 2.76. The Bertz CT molecular complexity index is 495. The Hall–Kier alpha value is -0.810. The first kappa shape index (κ1) is 23.2. The van der Waals surface area contributed by atoms with Gasteiger partial charge < -0.3 is 15.5 Å². The van der Waals surface area contributed by atoms with Crippen LogP contribution < -0.4 is 15.5 Å². The zero-order valence-corrected chi connectivity index (χ0v) is 19.0. The smallest absolute Gasteiger partial charge is 0.225 e. The number of guanidine groups is 1. The summed E-state index contributed by atoms with van der Waals surface area (Å²) >= 11 is 1.90. The molecule has 148 valence electrons. The average molecular weight is 493 g/mol. The fourth-order valence-corrected chi connectivity index (χ4v) is 3.25. The Balaban J connectivity index is 0.00000338. The molecule has 0 spiro atoms. The van der Waals surface area contributed by atoms with Crippen LogP contribution in [0.5, 0.6) is 0 Å².